The fraction of sp³-hybridized carbons (Fsp3) is 0.333. The third kappa shape index (κ3) is 3.33. The molecule has 1 nitrogen and oxygen atoms in total. The second kappa shape index (κ2) is 6.51. The number of aliphatic hydroxyl groups excluding tert-OH is 1. The van der Waals surface area contributed by atoms with E-state index in [1.54, 1.807) is 0 Å². The number of halogens is 2. The van der Waals surface area contributed by atoms with Crippen LogP contribution in [-0.4, -0.2) is 5.11 Å². The molecule has 110 valence electrons. The van der Waals surface area contributed by atoms with E-state index in [1.807, 2.05) is 18.2 Å². The van der Waals surface area contributed by atoms with E-state index in [2.05, 4.69) is 40.2 Å². The highest BCUT2D eigenvalue weighted by atomic mass is 79.9. The molecule has 21 heavy (non-hydrogen) atoms. The lowest BCUT2D eigenvalue weighted by Crippen LogP contribution is -2.15. The van der Waals surface area contributed by atoms with Crippen molar-refractivity contribution in [1.29, 1.82) is 0 Å². The minimum atomic E-state index is -0.400. The van der Waals surface area contributed by atoms with Gasteiger partial charge in [0, 0.05) is 9.50 Å². The summed E-state index contributed by atoms with van der Waals surface area (Å²) in [5.41, 5.74) is 3.49. The Balaban J connectivity index is 1.86. The highest BCUT2D eigenvalue weighted by molar-refractivity contribution is 9.10. The molecule has 0 saturated heterocycles. The van der Waals surface area contributed by atoms with Gasteiger partial charge in [0.05, 0.1) is 6.10 Å². The normalized spacial score (nSPS) is 21.7. The van der Waals surface area contributed by atoms with E-state index in [4.69, 9.17) is 11.6 Å². The summed E-state index contributed by atoms with van der Waals surface area (Å²) in [6.07, 6.45) is 3.62. The Hall–Kier alpha value is -0.830. The number of fused-ring (bicyclic) bond motifs is 1. The molecule has 2 unspecified atom stereocenters. The predicted molar refractivity (Wildman–Crippen MR) is 90.7 cm³/mol. The molecule has 1 aliphatic carbocycles. The first kappa shape index (κ1) is 15.1. The van der Waals surface area contributed by atoms with Crippen LogP contribution in [0.25, 0.3) is 0 Å². The first-order valence-electron chi connectivity index (χ1n) is 7.35. The molecular formula is C18H18BrClO. The standard InChI is InChI=1S/C18H18BrClO/c19-15-9-8-13(17(20)11-15)10-14-6-3-5-12-4-1-2-7-16(12)18(14)21/h1-2,4,7-9,11,14,18,21H,3,5-6,10H2. The molecule has 3 rings (SSSR count). The largest absolute Gasteiger partial charge is 0.388 e. The maximum Gasteiger partial charge on any atom is 0.0824 e. The quantitative estimate of drug-likeness (QED) is 0.713. The Morgan fingerprint density at radius 2 is 2.00 bits per heavy atom. The van der Waals surface area contributed by atoms with Crippen molar-refractivity contribution in [1.82, 2.24) is 0 Å². The zero-order valence-corrected chi connectivity index (χ0v) is 14.1. The van der Waals surface area contributed by atoms with Gasteiger partial charge < -0.3 is 5.11 Å². The number of hydrogen-bond acceptors (Lipinski definition) is 1. The van der Waals surface area contributed by atoms with Crippen LogP contribution in [0, 0.1) is 5.92 Å². The molecule has 0 saturated carbocycles. The van der Waals surface area contributed by atoms with Crippen LogP contribution in [0.15, 0.2) is 46.9 Å². The second-order valence-electron chi connectivity index (χ2n) is 5.74. The van der Waals surface area contributed by atoms with Gasteiger partial charge in [-0.1, -0.05) is 57.9 Å². The maximum absolute atomic E-state index is 10.8. The SMILES string of the molecule is OC1c2ccccc2CCCC1Cc1ccc(Br)cc1Cl. The maximum atomic E-state index is 10.8. The van der Waals surface area contributed by atoms with Gasteiger partial charge in [0.1, 0.15) is 0 Å². The Labute approximate surface area is 139 Å². The van der Waals surface area contributed by atoms with Gasteiger partial charge in [-0.15, -0.1) is 0 Å². The van der Waals surface area contributed by atoms with Crippen LogP contribution in [0.4, 0.5) is 0 Å². The summed E-state index contributed by atoms with van der Waals surface area (Å²) < 4.78 is 0.989. The van der Waals surface area contributed by atoms with Crippen LogP contribution in [0.1, 0.15) is 35.6 Å². The third-order valence-electron chi connectivity index (χ3n) is 4.34. The Morgan fingerprint density at radius 1 is 1.19 bits per heavy atom. The minimum absolute atomic E-state index is 0.229. The van der Waals surface area contributed by atoms with Crippen molar-refractivity contribution < 1.29 is 5.11 Å². The van der Waals surface area contributed by atoms with Crippen molar-refractivity contribution in [2.24, 2.45) is 5.92 Å². The summed E-state index contributed by atoms with van der Waals surface area (Å²) in [5.74, 6) is 0.229. The molecule has 0 fully saturated rings. The first-order valence-corrected chi connectivity index (χ1v) is 8.52. The summed E-state index contributed by atoms with van der Waals surface area (Å²) in [5, 5.41) is 11.5. The van der Waals surface area contributed by atoms with Gasteiger partial charge in [-0.3, -0.25) is 0 Å². The van der Waals surface area contributed by atoms with Gasteiger partial charge in [-0.25, -0.2) is 0 Å². The summed E-state index contributed by atoms with van der Waals surface area (Å²) in [6.45, 7) is 0. The lowest BCUT2D eigenvalue weighted by Gasteiger charge is -2.22. The number of aliphatic hydroxyl groups is 1. The highest BCUT2D eigenvalue weighted by Crippen LogP contribution is 2.36. The van der Waals surface area contributed by atoms with Gasteiger partial charge in [0.2, 0.25) is 0 Å². The van der Waals surface area contributed by atoms with E-state index in [9.17, 15) is 5.11 Å². The number of aryl methyl sites for hydroxylation is 1. The van der Waals surface area contributed by atoms with E-state index in [-0.39, 0.29) is 5.92 Å². The van der Waals surface area contributed by atoms with Crippen LogP contribution in [0.3, 0.4) is 0 Å². The molecule has 0 aromatic heterocycles. The van der Waals surface area contributed by atoms with Gasteiger partial charge in [-0.05, 0) is 60.4 Å². The Bertz CT molecular complexity index is 641. The molecule has 2 aromatic rings. The summed E-state index contributed by atoms with van der Waals surface area (Å²) in [6, 6.07) is 14.2. The number of rotatable bonds is 2. The van der Waals surface area contributed by atoms with Crippen molar-refractivity contribution in [3.63, 3.8) is 0 Å². The zero-order chi connectivity index (χ0) is 14.8. The summed E-state index contributed by atoms with van der Waals surface area (Å²) >= 11 is 9.76. The first-order chi connectivity index (χ1) is 10.1. The smallest absolute Gasteiger partial charge is 0.0824 e. The third-order valence-corrected chi connectivity index (χ3v) is 5.18. The lowest BCUT2D eigenvalue weighted by molar-refractivity contribution is 0.105. The minimum Gasteiger partial charge on any atom is -0.388 e. The van der Waals surface area contributed by atoms with Crippen LogP contribution in [0.5, 0.6) is 0 Å². The average molecular weight is 366 g/mol. The fourth-order valence-electron chi connectivity index (χ4n) is 3.20. The van der Waals surface area contributed by atoms with Crippen LogP contribution in [-0.2, 0) is 12.8 Å². The summed E-state index contributed by atoms with van der Waals surface area (Å²) in [4.78, 5) is 0. The van der Waals surface area contributed by atoms with E-state index in [1.165, 1.54) is 5.56 Å². The van der Waals surface area contributed by atoms with E-state index in [0.29, 0.717) is 0 Å². The van der Waals surface area contributed by atoms with Gasteiger partial charge in [0.25, 0.3) is 0 Å². The molecule has 0 radical (unpaired) electrons. The Kier molecular flexibility index (Phi) is 4.68. The van der Waals surface area contributed by atoms with E-state index < -0.39 is 6.10 Å². The molecule has 1 aliphatic rings. The zero-order valence-electron chi connectivity index (χ0n) is 11.7. The van der Waals surface area contributed by atoms with Crippen molar-refractivity contribution in [2.75, 3.05) is 0 Å². The lowest BCUT2D eigenvalue weighted by atomic mass is 9.88. The molecular weight excluding hydrogens is 348 g/mol. The van der Waals surface area contributed by atoms with Crippen molar-refractivity contribution in [3.05, 3.63) is 68.7 Å². The molecule has 2 atom stereocenters. The van der Waals surface area contributed by atoms with Gasteiger partial charge >= 0.3 is 0 Å². The molecule has 0 heterocycles. The van der Waals surface area contributed by atoms with Crippen molar-refractivity contribution in [3.8, 4) is 0 Å². The van der Waals surface area contributed by atoms with E-state index >= 15 is 0 Å². The number of hydrogen-bond donors (Lipinski definition) is 1. The van der Waals surface area contributed by atoms with Crippen LogP contribution < -0.4 is 0 Å². The van der Waals surface area contributed by atoms with Crippen molar-refractivity contribution in [2.45, 2.75) is 31.8 Å². The predicted octanol–water partition coefficient (Wildman–Crippen LogP) is 5.33. The molecule has 0 bridgehead atoms. The topological polar surface area (TPSA) is 20.2 Å². The van der Waals surface area contributed by atoms with Gasteiger partial charge in [-0.2, -0.15) is 0 Å². The monoisotopic (exact) mass is 364 g/mol. The molecule has 0 aliphatic heterocycles. The number of benzene rings is 2. The molecule has 0 spiro atoms. The second-order valence-corrected chi connectivity index (χ2v) is 7.06. The summed E-state index contributed by atoms with van der Waals surface area (Å²) in [7, 11) is 0. The highest BCUT2D eigenvalue weighted by Gasteiger charge is 2.26. The molecule has 1 N–H and O–H groups in total. The Morgan fingerprint density at radius 3 is 2.81 bits per heavy atom. The molecule has 0 amide bonds. The van der Waals surface area contributed by atoms with Crippen molar-refractivity contribution >= 4 is 27.5 Å². The molecule has 3 heteroatoms. The van der Waals surface area contributed by atoms with Crippen LogP contribution >= 0.6 is 27.5 Å². The molecule has 2 aromatic carbocycles. The average Bonchev–Trinajstić information content (AvgIpc) is 2.63. The fourth-order valence-corrected chi connectivity index (χ4v) is 3.95. The van der Waals surface area contributed by atoms with Gasteiger partial charge in [0.15, 0.2) is 0 Å². The van der Waals surface area contributed by atoms with Crippen LogP contribution in [0.2, 0.25) is 5.02 Å². The van der Waals surface area contributed by atoms with E-state index in [0.717, 1.165) is 46.3 Å².